The van der Waals surface area contributed by atoms with Gasteiger partial charge in [-0.15, -0.1) is 0 Å². The van der Waals surface area contributed by atoms with Crippen molar-refractivity contribution in [3.05, 3.63) is 23.8 Å². The summed E-state index contributed by atoms with van der Waals surface area (Å²) in [6.45, 7) is 5.37. The summed E-state index contributed by atoms with van der Waals surface area (Å²) >= 11 is 0. The second-order valence-electron chi connectivity index (χ2n) is 7.64. The van der Waals surface area contributed by atoms with E-state index in [0.29, 0.717) is 30.2 Å². The van der Waals surface area contributed by atoms with E-state index in [-0.39, 0.29) is 18.1 Å². The Labute approximate surface area is 164 Å². The fraction of sp³-hybridized carbons (Fsp3) is 0.600. The maximum Gasteiger partial charge on any atom is 0.410 e. The molecule has 1 atom stereocenters. The van der Waals surface area contributed by atoms with Gasteiger partial charge in [-0.1, -0.05) is 0 Å². The Balaban J connectivity index is 1.28. The number of carbonyl (C=O) groups is 2. The van der Waals surface area contributed by atoms with Crippen LogP contribution in [0.25, 0.3) is 0 Å². The quantitative estimate of drug-likeness (QED) is 0.687. The molecule has 3 heterocycles. The Bertz CT molecular complexity index is 763. The van der Waals surface area contributed by atoms with Crippen molar-refractivity contribution >= 4 is 11.9 Å². The molecule has 0 saturated carbocycles. The zero-order valence-corrected chi connectivity index (χ0v) is 16.3. The normalized spacial score (nSPS) is 20.6. The van der Waals surface area contributed by atoms with Crippen molar-refractivity contribution in [2.45, 2.75) is 31.3 Å². The first kappa shape index (κ1) is 19.0. The fourth-order valence-corrected chi connectivity index (χ4v) is 3.98. The summed E-state index contributed by atoms with van der Waals surface area (Å²) in [6.07, 6.45) is 1.79. The van der Waals surface area contributed by atoms with Crippen LogP contribution >= 0.6 is 0 Å². The number of rotatable bonds is 6. The van der Waals surface area contributed by atoms with Gasteiger partial charge in [-0.3, -0.25) is 9.69 Å². The number of ether oxygens (including phenoxy) is 4. The standard InChI is InChI=1S/C20H26N2O6/c1-14(18(23)15-4-5-16-17(10-15)28-13-27-16)21(2)19(24)26-9-8-22-7-3-6-20(22)11-25-12-20/h4-5,10,14H,3,6-9,11-13H2,1-2H3/t14-/m0/s1. The molecule has 0 aliphatic carbocycles. The van der Waals surface area contributed by atoms with Gasteiger partial charge in [-0.05, 0) is 44.5 Å². The van der Waals surface area contributed by atoms with Crippen molar-refractivity contribution in [3.8, 4) is 11.5 Å². The van der Waals surface area contributed by atoms with E-state index < -0.39 is 12.1 Å². The van der Waals surface area contributed by atoms with Gasteiger partial charge in [0.2, 0.25) is 6.79 Å². The van der Waals surface area contributed by atoms with Crippen LogP contribution in [0.1, 0.15) is 30.1 Å². The molecule has 0 N–H and O–H groups in total. The molecule has 8 heteroatoms. The molecule has 0 bridgehead atoms. The molecule has 0 radical (unpaired) electrons. The lowest BCUT2D eigenvalue weighted by molar-refractivity contribution is -0.125. The second kappa shape index (κ2) is 7.60. The van der Waals surface area contributed by atoms with Crippen LogP contribution < -0.4 is 9.47 Å². The minimum atomic E-state index is -0.647. The monoisotopic (exact) mass is 390 g/mol. The topological polar surface area (TPSA) is 77.5 Å². The van der Waals surface area contributed by atoms with Crippen molar-refractivity contribution < 1.29 is 28.5 Å². The highest BCUT2D eigenvalue weighted by Crippen LogP contribution is 2.35. The number of benzene rings is 1. The highest BCUT2D eigenvalue weighted by Gasteiger charge is 2.46. The Kier molecular flexibility index (Phi) is 5.16. The van der Waals surface area contributed by atoms with Crippen molar-refractivity contribution in [1.29, 1.82) is 0 Å². The summed E-state index contributed by atoms with van der Waals surface area (Å²) in [5.41, 5.74) is 0.626. The average molecular weight is 390 g/mol. The fourth-order valence-electron chi connectivity index (χ4n) is 3.98. The molecule has 1 aromatic rings. The number of ketones is 1. The van der Waals surface area contributed by atoms with Gasteiger partial charge in [0.05, 0.1) is 24.8 Å². The lowest BCUT2D eigenvalue weighted by atomic mass is 9.94. The molecular weight excluding hydrogens is 364 g/mol. The molecule has 3 aliphatic rings. The maximum atomic E-state index is 12.7. The van der Waals surface area contributed by atoms with E-state index in [2.05, 4.69) is 4.90 Å². The van der Waals surface area contributed by atoms with Gasteiger partial charge in [0.25, 0.3) is 0 Å². The number of likely N-dealkylation sites (N-methyl/N-ethyl adjacent to an activating group) is 1. The van der Waals surface area contributed by atoms with Gasteiger partial charge < -0.3 is 23.8 Å². The lowest BCUT2D eigenvalue weighted by Gasteiger charge is -2.45. The molecule has 2 saturated heterocycles. The van der Waals surface area contributed by atoms with Crippen molar-refractivity contribution in [3.63, 3.8) is 0 Å². The van der Waals surface area contributed by atoms with Crippen LogP contribution in [0.3, 0.4) is 0 Å². The molecular formula is C20H26N2O6. The van der Waals surface area contributed by atoms with Gasteiger partial charge in [-0.25, -0.2) is 4.79 Å². The number of Topliss-reactive ketones (excluding diaryl/α,β-unsaturated/α-hetero) is 1. The van der Waals surface area contributed by atoms with E-state index in [4.69, 9.17) is 18.9 Å². The summed E-state index contributed by atoms with van der Waals surface area (Å²) in [7, 11) is 1.58. The number of nitrogens with zero attached hydrogens (tertiary/aromatic N) is 2. The zero-order valence-electron chi connectivity index (χ0n) is 16.3. The van der Waals surface area contributed by atoms with E-state index in [1.807, 2.05) is 0 Å². The molecule has 1 aromatic carbocycles. The average Bonchev–Trinajstić information content (AvgIpc) is 3.31. The molecule has 3 aliphatic heterocycles. The van der Waals surface area contributed by atoms with Crippen LogP contribution in [-0.4, -0.2) is 80.0 Å². The zero-order chi connectivity index (χ0) is 19.7. The number of likely N-dealkylation sites (tertiary alicyclic amines) is 1. The van der Waals surface area contributed by atoms with Crippen LogP contribution in [-0.2, 0) is 9.47 Å². The first-order valence-electron chi connectivity index (χ1n) is 9.66. The Hall–Kier alpha value is -2.32. The molecule has 4 rings (SSSR count). The molecule has 0 unspecified atom stereocenters. The number of hydrogen-bond acceptors (Lipinski definition) is 7. The first-order valence-corrected chi connectivity index (χ1v) is 9.66. The summed E-state index contributed by atoms with van der Waals surface area (Å²) in [5.74, 6) is 0.985. The first-order chi connectivity index (χ1) is 13.5. The van der Waals surface area contributed by atoms with Crippen LogP contribution in [0.4, 0.5) is 4.79 Å². The highest BCUT2D eigenvalue weighted by molar-refractivity contribution is 6.01. The number of hydrogen-bond donors (Lipinski definition) is 0. The molecule has 1 amide bonds. The molecule has 28 heavy (non-hydrogen) atoms. The third kappa shape index (κ3) is 3.42. The largest absolute Gasteiger partial charge is 0.454 e. The van der Waals surface area contributed by atoms with E-state index in [9.17, 15) is 9.59 Å². The third-order valence-electron chi connectivity index (χ3n) is 5.97. The van der Waals surface area contributed by atoms with Crippen LogP contribution in [0, 0.1) is 0 Å². The number of amides is 1. The second-order valence-corrected chi connectivity index (χ2v) is 7.64. The van der Waals surface area contributed by atoms with Gasteiger partial charge in [0, 0.05) is 19.2 Å². The van der Waals surface area contributed by atoms with E-state index >= 15 is 0 Å². The summed E-state index contributed by atoms with van der Waals surface area (Å²) in [4.78, 5) is 28.8. The van der Waals surface area contributed by atoms with Gasteiger partial charge in [0.15, 0.2) is 17.3 Å². The predicted molar refractivity (Wildman–Crippen MR) is 99.8 cm³/mol. The summed E-state index contributed by atoms with van der Waals surface area (Å²) < 4.78 is 21.4. The lowest BCUT2D eigenvalue weighted by Crippen LogP contribution is -2.59. The Morgan fingerprint density at radius 2 is 2.07 bits per heavy atom. The maximum absolute atomic E-state index is 12.7. The number of fused-ring (bicyclic) bond motifs is 1. The SMILES string of the molecule is C[C@@H](C(=O)c1ccc2c(c1)OCO2)N(C)C(=O)OCCN1CCCC12COC2. The van der Waals surface area contributed by atoms with Crippen LogP contribution in [0.5, 0.6) is 11.5 Å². The van der Waals surface area contributed by atoms with Crippen molar-refractivity contribution in [2.75, 3.05) is 46.8 Å². The van der Waals surface area contributed by atoms with E-state index in [1.165, 1.54) is 4.90 Å². The predicted octanol–water partition coefficient (Wildman–Crippen LogP) is 1.92. The molecule has 152 valence electrons. The van der Waals surface area contributed by atoms with Crippen LogP contribution in [0.2, 0.25) is 0 Å². The Morgan fingerprint density at radius 1 is 1.29 bits per heavy atom. The van der Waals surface area contributed by atoms with E-state index in [1.54, 1.807) is 32.2 Å². The number of carbonyl (C=O) groups excluding carboxylic acids is 2. The molecule has 1 spiro atoms. The molecule has 8 nitrogen and oxygen atoms in total. The summed E-state index contributed by atoms with van der Waals surface area (Å²) in [5, 5.41) is 0. The van der Waals surface area contributed by atoms with Crippen molar-refractivity contribution in [1.82, 2.24) is 9.80 Å². The minimum absolute atomic E-state index is 0.152. The smallest absolute Gasteiger partial charge is 0.410 e. The van der Waals surface area contributed by atoms with Gasteiger partial charge in [-0.2, -0.15) is 0 Å². The highest BCUT2D eigenvalue weighted by atomic mass is 16.7. The Morgan fingerprint density at radius 3 is 2.82 bits per heavy atom. The van der Waals surface area contributed by atoms with Crippen LogP contribution in [0.15, 0.2) is 18.2 Å². The van der Waals surface area contributed by atoms with Gasteiger partial charge >= 0.3 is 6.09 Å². The van der Waals surface area contributed by atoms with E-state index in [0.717, 1.165) is 32.6 Å². The molecule has 0 aromatic heterocycles. The third-order valence-corrected chi connectivity index (χ3v) is 5.97. The molecule has 2 fully saturated rings. The minimum Gasteiger partial charge on any atom is -0.454 e. The van der Waals surface area contributed by atoms with Gasteiger partial charge in [0.1, 0.15) is 6.61 Å². The van der Waals surface area contributed by atoms with Crippen molar-refractivity contribution in [2.24, 2.45) is 0 Å². The summed E-state index contributed by atoms with van der Waals surface area (Å²) in [6, 6.07) is 4.38.